The normalized spacial score (nSPS) is 15.5. The number of carboxylic acid groups (broad SMARTS) is 1. The third-order valence-corrected chi connectivity index (χ3v) is 3.90. The molecule has 1 aromatic heterocycles. The second kappa shape index (κ2) is 7.06. The van der Waals surface area contributed by atoms with E-state index in [1.807, 2.05) is 7.05 Å². The minimum Gasteiger partial charge on any atom is -0.477 e. The Bertz CT molecular complexity index is 513. The molecule has 0 saturated heterocycles. The molecule has 1 fully saturated rings. The molecule has 1 amide bonds. The van der Waals surface area contributed by atoms with Crippen molar-refractivity contribution in [1.82, 2.24) is 9.88 Å². The number of aromatic carboxylic acids is 1. The predicted molar refractivity (Wildman–Crippen MR) is 79.3 cm³/mol. The lowest BCUT2D eigenvalue weighted by Gasteiger charge is -2.31. The van der Waals surface area contributed by atoms with Crippen molar-refractivity contribution in [2.45, 2.75) is 38.1 Å². The molecule has 0 atom stereocenters. The Kier molecular flexibility index (Phi) is 5.14. The monoisotopic (exact) mass is 291 g/mol. The van der Waals surface area contributed by atoms with Crippen molar-refractivity contribution in [2.24, 2.45) is 0 Å². The first-order valence-electron chi connectivity index (χ1n) is 7.28. The molecule has 1 aromatic rings. The van der Waals surface area contributed by atoms with Gasteiger partial charge in [0.05, 0.1) is 6.54 Å². The second-order valence-corrected chi connectivity index (χ2v) is 5.36. The van der Waals surface area contributed by atoms with E-state index in [-0.39, 0.29) is 18.1 Å². The summed E-state index contributed by atoms with van der Waals surface area (Å²) in [6.07, 6.45) is 5.74. The van der Waals surface area contributed by atoms with Crippen molar-refractivity contribution in [3.63, 3.8) is 0 Å². The average Bonchev–Trinajstić information content (AvgIpc) is 2.53. The number of pyridine rings is 1. The Morgan fingerprint density at radius 1 is 1.33 bits per heavy atom. The van der Waals surface area contributed by atoms with Gasteiger partial charge < -0.3 is 15.3 Å². The average molecular weight is 291 g/mol. The minimum absolute atomic E-state index is 0.00410. The highest BCUT2D eigenvalue weighted by atomic mass is 16.4. The summed E-state index contributed by atoms with van der Waals surface area (Å²) in [5.74, 6) is -0.672. The topological polar surface area (TPSA) is 82.5 Å². The van der Waals surface area contributed by atoms with Gasteiger partial charge in [-0.15, -0.1) is 0 Å². The van der Waals surface area contributed by atoms with Crippen molar-refractivity contribution in [2.75, 3.05) is 18.9 Å². The van der Waals surface area contributed by atoms with Gasteiger partial charge in [-0.3, -0.25) is 4.79 Å². The van der Waals surface area contributed by atoms with Crippen LogP contribution in [0.25, 0.3) is 0 Å². The zero-order valence-corrected chi connectivity index (χ0v) is 12.2. The highest BCUT2D eigenvalue weighted by Gasteiger charge is 2.21. The van der Waals surface area contributed by atoms with Gasteiger partial charge in [0.1, 0.15) is 5.82 Å². The van der Waals surface area contributed by atoms with Crippen molar-refractivity contribution in [1.29, 1.82) is 0 Å². The van der Waals surface area contributed by atoms with Crippen LogP contribution in [0, 0.1) is 0 Å². The Labute approximate surface area is 124 Å². The standard InChI is InChI=1S/C15H21N3O3/c1-18(11-6-3-2-4-7-11)14(19)10-16-13-9-5-8-12(17-13)15(20)21/h5,8-9,11H,2-4,6-7,10H2,1H3,(H,16,17)(H,20,21). The number of carbonyl (C=O) groups is 2. The van der Waals surface area contributed by atoms with Gasteiger partial charge in [0.2, 0.25) is 5.91 Å². The molecule has 0 aliphatic heterocycles. The lowest BCUT2D eigenvalue weighted by molar-refractivity contribution is -0.130. The Balaban J connectivity index is 1.88. The molecule has 21 heavy (non-hydrogen) atoms. The van der Waals surface area contributed by atoms with Crippen LogP contribution in [0.2, 0.25) is 0 Å². The summed E-state index contributed by atoms with van der Waals surface area (Å²) < 4.78 is 0. The first kappa shape index (κ1) is 15.3. The maximum absolute atomic E-state index is 12.2. The van der Waals surface area contributed by atoms with E-state index in [1.54, 1.807) is 17.0 Å². The van der Waals surface area contributed by atoms with Gasteiger partial charge in [-0.25, -0.2) is 9.78 Å². The lowest BCUT2D eigenvalue weighted by Crippen LogP contribution is -2.41. The number of hydrogen-bond donors (Lipinski definition) is 2. The summed E-state index contributed by atoms with van der Waals surface area (Å²) >= 11 is 0. The van der Waals surface area contributed by atoms with Crippen molar-refractivity contribution in [3.8, 4) is 0 Å². The fourth-order valence-corrected chi connectivity index (χ4v) is 2.62. The largest absolute Gasteiger partial charge is 0.477 e. The smallest absolute Gasteiger partial charge is 0.354 e. The number of hydrogen-bond acceptors (Lipinski definition) is 4. The number of rotatable bonds is 5. The SMILES string of the molecule is CN(C(=O)CNc1cccc(C(=O)O)n1)C1CCCCC1. The van der Waals surface area contributed by atoms with Gasteiger partial charge in [-0.2, -0.15) is 0 Å². The molecule has 1 aliphatic rings. The number of anilines is 1. The molecule has 114 valence electrons. The fourth-order valence-electron chi connectivity index (χ4n) is 2.62. The first-order valence-corrected chi connectivity index (χ1v) is 7.28. The van der Waals surface area contributed by atoms with E-state index in [4.69, 9.17) is 5.11 Å². The van der Waals surface area contributed by atoms with Crippen molar-refractivity contribution < 1.29 is 14.7 Å². The van der Waals surface area contributed by atoms with Gasteiger partial charge in [-0.1, -0.05) is 25.3 Å². The van der Waals surface area contributed by atoms with Crippen LogP contribution in [0.5, 0.6) is 0 Å². The Morgan fingerprint density at radius 2 is 2.05 bits per heavy atom. The van der Waals surface area contributed by atoms with Gasteiger partial charge in [0, 0.05) is 13.1 Å². The molecule has 0 unspecified atom stereocenters. The molecule has 2 N–H and O–H groups in total. The number of nitrogens with zero attached hydrogens (tertiary/aromatic N) is 2. The van der Waals surface area contributed by atoms with Gasteiger partial charge in [-0.05, 0) is 25.0 Å². The summed E-state index contributed by atoms with van der Waals surface area (Å²) in [6, 6.07) is 5.00. The molecule has 1 saturated carbocycles. The Morgan fingerprint density at radius 3 is 2.71 bits per heavy atom. The van der Waals surface area contributed by atoms with Gasteiger partial charge in [0.25, 0.3) is 0 Å². The van der Waals surface area contributed by atoms with E-state index in [0.29, 0.717) is 11.9 Å². The number of carboxylic acids is 1. The predicted octanol–water partition coefficient (Wildman–Crippen LogP) is 1.98. The molecular formula is C15H21N3O3. The van der Waals surface area contributed by atoms with Crippen LogP contribution in [0.4, 0.5) is 5.82 Å². The molecule has 0 aromatic carbocycles. The maximum Gasteiger partial charge on any atom is 0.354 e. The van der Waals surface area contributed by atoms with E-state index in [1.165, 1.54) is 25.3 Å². The highest BCUT2D eigenvalue weighted by Crippen LogP contribution is 2.21. The van der Waals surface area contributed by atoms with E-state index in [2.05, 4.69) is 10.3 Å². The number of amides is 1. The molecule has 1 aliphatic carbocycles. The summed E-state index contributed by atoms with van der Waals surface area (Å²) in [6.45, 7) is 0.128. The zero-order chi connectivity index (χ0) is 15.2. The van der Waals surface area contributed by atoms with Crippen LogP contribution in [0.1, 0.15) is 42.6 Å². The molecule has 2 rings (SSSR count). The van der Waals surface area contributed by atoms with E-state index < -0.39 is 5.97 Å². The van der Waals surface area contributed by atoms with E-state index >= 15 is 0 Å². The first-order chi connectivity index (χ1) is 10.1. The zero-order valence-electron chi connectivity index (χ0n) is 12.2. The van der Waals surface area contributed by atoms with Crippen molar-refractivity contribution >= 4 is 17.7 Å². The van der Waals surface area contributed by atoms with Crippen LogP contribution in [0.3, 0.4) is 0 Å². The molecule has 6 nitrogen and oxygen atoms in total. The molecule has 0 radical (unpaired) electrons. The molecule has 6 heteroatoms. The number of carbonyl (C=O) groups excluding carboxylic acids is 1. The second-order valence-electron chi connectivity index (χ2n) is 5.36. The van der Waals surface area contributed by atoms with E-state index in [9.17, 15) is 9.59 Å². The third-order valence-electron chi connectivity index (χ3n) is 3.90. The molecular weight excluding hydrogens is 270 g/mol. The van der Waals surface area contributed by atoms with E-state index in [0.717, 1.165) is 12.8 Å². The fraction of sp³-hybridized carbons (Fsp3) is 0.533. The van der Waals surface area contributed by atoms with Crippen LogP contribution >= 0.6 is 0 Å². The van der Waals surface area contributed by atoms with Gasteiger partial charge >= 0.3 is 5.97 Å². The third kappa shape index (κ3) is 4.18. The number of aromatic nitrogens is 1. The summed E-state index contributed by atoms with van der Waals surface area (Å²) in [5, 5.41) is 11.8. The summed E-state index contributed by atoms with van der Waals surface area (Å²) in [5.41, 5.74) is -0.0342. The van der Waals surface area contributed by atoms with Crippen LogP contribution in [0.15, 0.2) is 18.2 Å². The quantitative estimate of drug-likeness (QED) is 0.867. The van der Waals surface area contributed by atoms with Crippen LogP contribution < -0.4 is 5.32 Å². The highest BCUT2D eigenvalue weighted by molar-refractivity contribution is 5.86. The lowest BCUT2D eigenvalue weighted by atomic mass is 9.94. The Hall–Kier alpha value is -2.11. The van der Waals surface area contributed by atoms with Crippen molar-refractivity contribution in [3.05, 3.63) is 23.9 Å². The molecule has 0 spiro atoms. The van der Waals surface area contributed by atoms with Gasteiger partial charge in [0.15, 0.2) is 5.69 Å². The van der Waals surface area contributed by atoms with Crippen LogP contribution in [-0.4, -0.2) is 46.5 Å². The minimum atomic E-state index is -1.08. The van der Waals surface area contributed by atoms with Crippen LogP contribution in [-0.2, 0) is 4.79 Å². The number of nitrogens with one attached hydrogen (secondary N) is 1. The summed E-state index contributed by atoms with van der Waals surface area (Å²) in [7, 11) is 1.83. The summed E-state index contributed by atoms with van der Waals surface area (Å²) in [4.78, 5) is 28.7. The molecule has 1 heterocycles. The molecule has 0 bridgehead atoms. The maximum atomic E-state index is 12.2. The number of likely N-dealkylation sites (N-methyl/N-ethyl adjacent to an activating group) is 1.